The van der Waals surface area contributed by atoms with Crippen molar-refractivity contribution in [2.45, 2.75) is 152 Å². The minimum absolute atomic E-state index is 0.000504. The van der Waals surface area contributed by atoms with Crippen LogP contribution in [0.3, 0.4) is 0 Å². The van der Waals surface area contributed by atoms with Gasteiger partial charge in [0.2, 0.25) is 40.7 Å². The molecule has 24 heteroatoms. The van der Waals surface area contributed by atoms with E-state index in [1.165, 1.54) is 13.8 Å². The average molecular weight is 1020 g/mol. The molecule has 0 aromatic heterocycles. The van der Waals surface area contributed by atoms with E-state index in [-0.39, 0.29) is 25.9 Å². The molecule has 0 radical (unpaired) electrons. The van der Waals surface area contributed by atoms with E-state index in [0.29, 0.717) is 11.1 Å². The van der Waals surface area contributed by atoms with Gasteiger partial charge in [0.1, 0.15) is 42.6 Å². The van der Waals surface area contributed by atoms with Crippen LogP contribution in [0.2, 0.25) is 0 Å². The lowest BCUT2D eigenvalue weighted by Gasteiger charge is -2.28. The van der Waals surface area contributed by atoms with Gasteiger partial charge in [-0.2, -0.15) is 8.78 Å². The van der Waals surface area contributed by atoms with Crippen LogP contribution in [0.5, 0.6) is 5.75 Å². The fourth-order valence-corrected chi connectivity index (χ4v) is 8.94. The largest absolute Gasteiger partial charge is 0.418 e. The van der Waals surface area contributed by atoms with Crippen molar-refractivity contribution in [2.75, 3.05) is 13.1 Å². The maximum atomic E-state index is 14.7. The highest BCUT2D eigenvalue weighted by Crippen LogP contribution is 2.41. The average Bonchev–Trinajstić information content (AvgIpc) is 4.04. The van der Waals surface area contributed by atoms with Gasteiger partial charge in [0.05, 0.1) is 12.6 Å². The molecule has 390 valence electrons. The molecule has 3 N–H and O–H groups in total. The van der Waals surface area contributed by atoms with Crippen molar-refractivity contribution in [2.24, 2.45) is 5.11 Å². The zero-order valence-corrected chi connectivity index (χ0v) is 40.4. The van der Waals surface area contributed by atoms with Gasteiger partial charge < -0.3 is 58.6 Å². The number of nitrogens with one attached hydrogen (secondary N) is 3. The quantitative estimate of drug-likeness (QED) is 0.0229. The molecule has 10 atom stereocenters. The Balaban J connectivity index is 1.10. The van der Waals surface area contributed by atoms with Crippen molar-refractivity contribution in [3.63, 3.8) is 0 Å². The molecule has 0 aliphatic carbocycles. The van der Waals surface area contributed by atoms with Gasteiger partial charge in [-0.05, 0) is 72.0 Å². The van der Waals surface area contributed by atoms with Gasteiger partial charge in [-0.1, -0.05) is 65.8 Å². The minimum atomic E-state index is -2.47. The van der Waals surface area contributed by atoms with Crippen molar-refractivity contribution >= 4 is 23.7 Å². The van der Waals surface area contributed by atoms with Crippen LogP contribution in [0, 0.1) is 29.1 Å². The molecule has 4 aliphatic rings. The Bertz CT molecular complexity index is 2530. The van der Waals surface area contributed by atoms with Crippen LogP contribution < -0.4 is 20.7 Å². The molecule has 0 saturated carbocycles. The molecule has 4 aliphatic heterocycles. The van der Waals surface area contributed by atoms with E-state index < -0.39 is 143 Å². The number of carbonyl (C=O) groups is 4. The van der Waals surface area contributed by atoms with E-state index >= 15 is 0 Å². The number of carbonyl (C=O) groups excluding carboxylic acids is 4. The van der Waals surface area contributed by atoms with Crippen LogP contribution in [-0.2, 0) is 69.9 Å². The van der Waals surface area contributed by atoms with Gasteiger partial charge >= 0.3 is 5.97 Å². The molecule has 72 heavy (non-hydrogen) atoms. The summed E-state index contributed by atoms with van der Waals surface area (Å²) in [5.74, 6) is -23.2. The molecular formula is C48H55F5N6O13. The smallest absolute Gasteiger partial charge is 0.334 e. The highest BCUT2D eigenvalue weighted by Gasteiger charge is 2.58. The highest BCUT2D eigenvalue weighted by atomic mass is 19.2. The zero-order valence-electron chi connectivity index (χ0n) is 40.4. The molecule has 7 rings (SSSR count). The van der Waals surface area contributed by atoms with Crippen LogP contribution in [0.1, 0.15) is 66.5 Å². The van der Waals surface area contributed by atoms with Crippen molar-refractivity contribution in [1.82, 2.24) is 16.0 Å². The van der Waals surface area contributed by atoms with E-state index in [9.17, 15) is 41.1 Å². The number of benzene rings is 3. The normalized spacial score (nSPS) is 27.6. The summed E-state index contributed by atoms with van der Waals surface area (Å²) in [4.78, 5) is 59.4. The fourth-order valence-electron chi connectivity index (χ4n) is 8.94. The molecule has 3 aromatic rings. The third kappa shape index (κ3) is 12.5. The molecule has 0 unspecified atom stereocenters. The second kappa shape index (κ2) is 21.3. The zero-order chi connectivity index (χ0) is 52.5. The maximum absolute atomic E-state index is 14.7. The van der Waals surface area contributed by atoms with Gasteiger partial charge in [0, 0.05) is 24.3 Å². The number of amides is 3. The van der Waals surface area contributed by atoms with E-state index in [1.54, 1.807) is 102 Å². The molecule has 3 amide bonds. The Morgan fingerprint density at radius 3 is 1.47 bits per heavy atom. The predicted octanol–water partition coefficient (Wildman–Crippen LogP) is 5.25. The van der Waals surface area contributed by atoms with Gasteiger partial charge in [0.15, 0.2) is 35.4 Å². The molecule has 4 fully saturated rings. The van der Waals surface area contributed by atoms with Crippen LogP contribution in [-0.4, -0.2) is 121 Å². The summed E-state index contributed by atoms with van der Waals surface area (Å²) in [6, 6.07) is 13.7. The summed E-state index contributed by atoms with van der Waals surface area (Å²) in [5, 5.41) is 11.7. The Labute approximate surface area is 410 Å². The van der Waals surface area contributed by atoms with Crippen molar-refractivity contribution < 1.29 is 83.8 Å². The summed E-state index contributed by atoms with van der Waals surface area (Å²) in [6.07, 6.45) is -9.80. The lowest BCUT2D eigenvalue weighted by atomic mass is 10.00. The van der Waals surface area contributed by atoms with Gasteiger partial charge in [-0.25, -0.2) is 18.0 Å². The van der Waals surface area contributed by atoms with Gasteiger partial charge in [-0.3, -0.25) is 14.4 Å². The van der Waals surface area contributed by atoms with Crippen LogP contribution >= 0.6 is 0 Å². The number of ether oxygens (including phenoxy) is 9. The number of hydrogen-bond acceptors (Lipinski definition) is 14. The summed E-state index contributed by atoms with van der Waals surface area (Å²) >= 11 is 0. The Morgan fingerprint density at radius 1 is 0.583 bits per heavy atom. The predicted molar refractivity (Wildman–Crippen MR) is 238 cm³/mol. The van der Waals surface area contributed by atoms with Crippen LogP contribution in [0.15, 0.2) is 65.8 Å². The molecule has 19 nitrogen and oxygen atoms in total. The highest BCUT2D eigenvalue weighted by molar-refractivity contribution is 5.90. The van der Waals surface area contributed by atoms with E-state index in [2.05, 4.69) is 26.0 Å². The maximum Gasteiger partial charge on any atom is 0.334 e. The lowest BCUT2D eigenvalue weighted by molar-refractivity contribution is -0.175. The number of rotatable bonds is 17. The first-order valence-electron chi connectivity index (χ1n) is 22.9. The topological polar surface area (TPSA) is 236 Å². The Hall–Kier alpha value is -5.82. The first-order valence-corrected chi connectivity index (χ1v) is 22.9. The SMILES string of the molecule is CC1(C)O[C@H]([C@@H]2OC(C)(C)O[C@H]2C(=O)N[C@@H](Cc2ccccc2)C(=O)NC[C@H]2OC(C)(C)O[C@@H]2[C@@H]2OC(C)(C)O[C@H]2C(=O)N[C@@H](Cc2ccccc2)C(=O)Oc2c(F)c(F)c(F)c(F)c2F)[C@@H](CN=[N+]=[N-])O1. The van der Waals surface area contributed by atoms with Gasteiger partial charge in [0.25, 0.3) is 11.8 Å². The second-order valence-corrected chi connectivity index (χ2v) is 19.3. The van der Waals surface area contributed by atoms with Gasteiger partial charge in [-0.15, -0.1) is 0 Å². The van der Waals surface area contributed by atoms with Crippen LogP contribution in [0.4, 0.5) is 22.0 Å². The standard InChI is InChI=1S/C48H55F5N6O13/c1-45(2)65-27(21-55-41(60)25(19-23-15-11-9-12-16-23)57-42(61)39-38(70-48(7,8)71-39)35-28(22-56-59-54)66-46(3,4)68-35)34(67-45)37-40(72-47(5,6)69-37)43(62)58-26(20-24-17-13-10-14-18-24)44(63)64-36-32(52)30(50)29(49)31(51)33(36)53/h9-18,25-28,34-35,37-40H,19-22H2,1-8H3,(H,55,60)(H,57,61)(H,58,62)/t25-,26-,27+,28+,34-,35-,37-,38-,39+,40+/m0/s1. The fraction of sp³-hybridized carbons (Fsp3) is 0.542. The molecule has 4 saturated heterocycles. The third-order valence-electron chi connectivity index (χ3n) is 11.8. The second-order valence-electron chi connectivity index (χ2n) is 19.3. The molecule has 4 heterocycles. The third-order valence-corrected chi connectivity index (χ3v) is 11.8. The first-order chi connectivity index (χ1) is 33.8. The molecule has 0 bridgehead atoms. The summed E-state index contributed by atoms with van der Waals surface area (Å²) < 4.78 is 125. The van der Waals surface area contributed by atoms with Crippen molar-refractivity contribution in [3.8, 4) is 5.75 Å². The summed E-state index contributed by atoms with van der Waals surface area (Å²) in [6.45, 7) is 12.2. The van der Waals surface area contributed by atoms with E-state index in [1.807, 2.05) is 0 Å². The number of azide groups is 1. The monoisotopic (exact) mass is 1020 g/mol. The number of halogens is 5. The van der Waals surface area contributed by atoms with E-state index in [4.69, 9.17) is 48.2 Å². The Morgan fingerprint density at radius 2 is 0.986 bits per heavy atom. The summed E-state index contributed by atoms with van der Waals surface area (Å²) in [7, 11) is 0. The number of nitrogens with zero attached hydrogens (tertiary/aromatic N) is 3. The molecule has 3 aromatic carbocycles. The Kier molecular flexibility index (Phi) is 16.0. The molecular weight excluding hydrogens is 964 g/mol. The summed E-state index contributed by atoms with van der Waals surface area (Å²) in [5.41, 5.74) is 10.1. The first kappa shape index (κ1) is 54.0. The minimum Gasteiger partial charge on any atom is -0.418 e. The number of esters is 1. The van der Waals surface area contributed by atoms with Crippen molar-refractivity contribution in [3.05, 3.63) is 111 Å². The van der Waals surface area contributed by atoms with E-state index in [0.717, 1.165) is 0 Å². The van der Waals surface area contributed by atoms with Crippen molar-refractivity contribution in [1.29, 1.82) is 0 Å². The molecule has 0 spiro atoms. The lowest BCUT2D eigenvalue weighted by Crippen LogP contribution is -2.56. The number of hydrogen-bond donors (Lipinski definition) is 3. The van der Waals surface area contributed by atoms with Crippen LogP contribution in [0.25, 0.3) is 10.4 Å².